The summed E-state index contributed by atoms with van der Waals surface area (Å²) >= 11 is 0. The van der Waals surface area contributed by atoms with Gasteiger partial charge in [0.05, 0.1) is 6.54 Å². The molecule has 27 heavy (non-hydrogen) atoms. The summed E-state index contributed by atoms with van der Waals surface area (Å²) in [6.07, 6.45) is -3.18. The molecule has 3 aromatic rings. The largest absolute Gasteiger partial charge is 0.435 e. The maximum Gasteiger partial charge on any atom is 0.435 e. The number of nitrogens with zero attached hydrogens (tertiary/aromatic N) is 6. The monoisotopic (exact) mass is 379 g/mol. The Bertz CT molecular complexity index is 948. The molecule has 2 aromatic heterocycles. The molecule has 3 rings (SSSR count). The normalized spacial score (nSPS) is 11.6. The van der Waals surface area contributed by atoms with Gasteiger partial charge in [-0.15, -0.1) is 5.10 Å². The van der Waals surface area contributed by atoms with Crippen molar-refractivity contribution in [1.82, 2.24) is 35.3 Å². The molecule has 0 atom stereocenters. The molecule has 0 spiro atoms. The molecule has 142 valence electrons. The summed E-state index contributed by atoms with van der Waals surface area (Å²) in [5, 5.41) is 16.9. The number of benzene rings is 1. The van der Waals surface area contributed by atoms with Crippen LogP contribution >= 0.6 is 0 Å². The van der Waals surface area contributed by atoms with Crippen LogP contribution in [0.5, 0.6) is 0 Å². The van der Waals surface area contributed by atoms with Crippen molar-refractivity contribution < 1.29 is 18.0 Å². The van der Waals surface area contributed by atoms with E-state index >= 15 is 0 Å². The Kier molecular flexibility index (Phi) is 4.93. The topological polar surface area (TPSA) is 90.5 Å². The van der Waals surface area contributed by atoms with Crippen LogP contribution in [-0.2, 0) is 19.8 Å². The molecule has 0 aliphatic carbocycles. The minimum atomic E-state index is -4.59. The van der Waals surface area contributed by atoms with E-state index in [4.69, 9.17) is 0 Å². The molecule has 0 fully saturated rings. The number of carbonyl (C=O) groups is 1. The summed E-state index contributed by atoms with van der Waals surface area (Å²) in [5.41, 5.74) is -0.118. The number of aryl methyl sites for hydroxylation is 1. The highest BCUT2D eigenvalue weighted by Crippen LogP contribution is 2.38. The second-order valence-corrected chi connectivity index (χ2v) is 5.84. The molecule has 0 aliphatic heterocycles. The van der Waals surface area contributed by atoms with Gasteiger partial charge >= 0.3 is 6.18 Å². The Morgan fingerprint density at radius 3 is 2.74 bits per heavy atom. The molecule has 8 nitrogen and oxygen atoms in total. The third-order valence-corrected chi connectivity index (χ3v) is 4.03. The Morgan fingerprint density at radius 2 is 2.07 bits per heavy atom. The average Bonchev–Trinajstić information content (AvgIpc) is 3.23. The van der Waals surface area contributed by atoms with E-state index in [9.17, 15) is 18.0 Å². The van der Waals surface area contributed by atoms with E-state index in [2.05, 4.69) is 25.9 Å². The van der Waals surface area contributed by atoms with Gasteiger partial charge in [0.15, 0.2) is 5.69 Å². The van der Waals surface area contributed by atoms with Gasteiger partial charge in [0.25, 0.3) is 5.91 Å². The van der Waals surface area contributed by atoms with Gasteiger partial charge in [-0.25, -0.2) is 4.68 Å². The minimum Gasteiger partial charge on any atom is -0.350 e. The fourth-order valence-electron chi connectivity index (χ4n) is 2.64. The number of carbonyl (C=O) groups excluding carboxylic acids is 1. The van der Waals surface area contributed by atoms with Gasteiger partial charge in [0.1, 0.15) is 6.33 Å². The lowest BCUT2D eigenvalue weighted by atomic mass is 10.0. The summed E-state index contributed by atoms with van der Waals surface area (Å²) in [7, 11) is 1.45. The maximum absolute atomic E-state index is 13.3. The third kappa shape index (κ3) is 3.96. The number of tetrazole rings is 1. The number of hydrogen-bond acceptors (Lipinski definition) is 5. The molecule has 2 heterocycles. The van der Waals surface area contributed by atoms with E-state index in [1.807, 2.05) is 0 Å². The van der Waals surface area contributed by atoms with Crippen LogP contribution < -0.4 is 5.32 Å². The quantitative estimate of drug-likeness (QED) is 0.730. The first-order valence-corrected chi connectivity index (χ1v) is 7.97. The van der Waals surface area contributed by atoms with Crippen LogP contribution in [0.4, 0.5) is 13.2 Å². The highest BCUT2D eigenvalue weighted by molar-refractivity contribution is 5.95. The first-order chi connectivity index (χ1) is 12.8. The van der Waals surface area contributed by atoms with Crippen molar-refractivity contribution >= 4 is 5.91 Å². The molecule has 0 unspecified atom stereocenters. The van der Waals surface area contributed by atoms with Crippen molar-refractivity contribution in [2.24, 2.45) is 7.05 Å². The molecule has 0 aliphatic rings. The van der Waals surface area contributed by atoms with Crippen molar-refractivity contribution in [3.05, 3.63) is 47.5 Å². The van der Waals surface area contributed by atoms with Gasteiger partial charge < -0.3 is 5.32 Å². The molecule has 0 bridgehead atoms. The number of nitrogens with one attached hydrogen (secondary N) is 1. The number of amides is 1. The molecule has 1 amide bonds. The summed E-state index contributed by atoms with van der Waals surface area (Å²) in [6.45, 7) is 2.20. The van der Waals surface area contributed by atoms with Crippen molar-refractivity contribution in [1.29, 1.82) is 0 Å². The Balaban J connectivity index is 1.83. The molecule has 11 heteroatoms. The number of aromatic nitrogens is 6. The molecule has 0 saturated carbocycles. The first-order valence-electron chi connectivity index (χ1n) is 7.97. The van der Waals surface area contributed by atoms with Gasteiger partial charge in [-0.05, 0) is 35.0 Å². The van der Waals surface area contributed by atoms with Gasteiger partial charge in [-0.2, -0.15) is 18.3 Å². The predicted molar refractivity (Wildman–Crippen MR) is 88.5 cm³/mol. The Labute approximate surface area is 152 Å². The van der Waals surface area contributed by atoms with E-state index in [0.29, 0.717) is 12.2 Å². The van der Waals surface area contributed by atoms with Gasteiger partial charge in [-0.1, -0.05) is 12.1 Å². The summed E-state index contributed by atoms with van der Waals surface area (Å²) < 4.78 is 42.6. The second kappa shape index (κ2) is 7.17. The zero-order valence-electron chi connectivity index (χ0n) is 14.5. The zero-order chi connectivity index (χ0) is 19.6. The van der Waals surface area contributed by atoms with Crippen LogP contribution in [0, 0.1) is 6.92 Å². The van der Waals surface area contributed by atoms with Crippen LogP contribution in [0.2, 0.25) is 0 Å². The maximum atomic E-state index is 13.3. The van der Waals surface area contributed by atoms with Gasteiger partial charge in [0.2, 0.25) is 0 Å². The number of alkyl halides is 3. The van der Waals surface area contributed by atoms with Crippen LogP contribution in [0.1, 0.15) is 21.7 Å². The number of hydrogen-bond donors (Lipinski definition) is 1. The van der Waals surface area contributed by atoms with Crippen molar-refractivity contribution in [3.8, 4) is 11.1 Å². The predicted octanol–water partition coefficient (Wildman–Crippen LogP) is 1.83. The van der Waals surface area contributed by atoms with E-state index in [0.717, 1.165) is 0 Å². The van der Waals surface area contributed by atoms with Crippen LogP contribution in [0.25, 0.3) is 11.1 Å². The molecular weight excluding hydrogens is 363 g/mol. The summed E-state index contributed by atoms with van der Waals surface area (Å²) in [4.78, 5) is 12.3. The number of rotatable bonds is 5. The summed E-state index contributed by atoms with van der Waals surface area (Å²) in [6, 6.07) is 6.02. The van der Waals surface area contributed by atoms with Crippen molar-refractivity contribution in [2.45, 2.75) is 19.6 Å². The Hall–Kier alpha value is -3.24. The van der Waals surface area contributed by atoms with E-state index in [1.165, 1.54) is 47.0 Å². The van der Waals surface area contributed by atoms with E-state index in [-0.39, 0.29) is 23.2 Å². The SMILES string of the molecule is Cc1c(-c2cccc(C(=O)NCCn3cnnn3)c2)c(C(F)(F)F)nn1C. The fourth-order valence-corrected chi connectivity index (χ4v) is 2.64. The van der Waals surface area contributed by atoms with Crippen molar-refractivity contribution in [3.63, 3.8) is 0 Å². The molecule has 1 N–H and O–H groups in total. The van der Waals surface area contributed by atoms with Crippen LogP contribution in [0.15, 0.2) is 30.6 Å². The highest BCUT2D eigenvalue weighted by Gasteiger charge is 2.38. The summed E-state index contributed by atoms with van der Waals surface area (Å²) in [5.74, 6) is -0.403. The van der Waals surface area contributed by atoms with E-state index in [1.54, 1.807) is 6.92 Å². The molecular formula is C16H16F3N7O. The van der Waals surface area contributed by atoms with Gasteiger partial charge in [0, 0.05) is 30.4 Å². The lowest BCUT2D eigenvalue weighted by molar-refractivity contribution is -0.140. The minimum absolute atomic E-state index is 0.0339. The molecule has 1 aromatic carbocycles. The van der Waals surface area contributed by atoms with Crippen LogP contribution in [-0.4, -0.2) is 42.4 Å². The third-order valence-electron chi connectivity index (χ3n) is 4.03. The fraction of sp³-hybridized carbons (Fsp3) is 0.312. The zero-order valence-corrected chi connectivity index (χ0v) is 14.5. The standard InChI is InChI=1S/C16H16F3N7O/c1-10-13(14(16(17,18)19)22-25(10)2)11-4-3-5-12(8-11)15(27)20-6-7-26-9-21-23-24-26/h3-5,8-9H,6-7H2,1-2H3,(H,20,27). The lowest BCUT2D eigenvalue weighted by Gasteiger charge is -2.10. The Morgan fingerprint density at radius 1 is 1.30 bits per heavy atom. The van der Waals surface area contributed by atoms with Gasteiger partial charge in [-0.3, -0.25) is 9.48 Å². The first kappa shape index (κ1) is 18.5. The van der Waals surface area contributed by atoms with Crippen molar-refractivity contribution in [2.75, 3.05) is 6.54 Å². The average molecular weight is 379 g/mol. The second-order valence-electron chi connectivity index (χ2n) is 5.84. The van der Waals surface area contributed by atoms with E-state index < -0.39 is 17.8 Å². The molecule has 0 radical (unpaired) electrons. The van der Waals surface area contributed by atoms with Crippen LogP contribution in [0.3, 0.4) is 0 Å². The highest BCUT2D eigenvalue weighted by atomic mass is 19.4. The smallest absolute Gasteiger partial charge is 0.350 e. The molecule has 0 saturated heterocycles. The lowest BCUT2D eigenvalue weighted by Crippen LogP contribution is -2.27. The number of halogens is 3.